The van der Waals surface area contributed by atoms with Crippen molar-refractivity contribution in [3.05, 3.63) is 56.9 Å². The fourth-order valence-corrected chi connectivity index (χ4v) is 4.20. The Balaban J connectivity index is 1.72. The van der Waals surface area contributed by atoms with Crippen molar-refractivity contribution in [2.45, 2.75) is 6.92 Å². The Kier molecular flexibility index (Phi) is 9.02. The number of carbonyl (C=O) groups is 4. The molecular formula is C23H20Cl2N2O7S. The molecule has 0 aromatic heterocycles. The smallest absolute Gasteiger partial charge is 0.344 e. The Morgan fingerprint density at radius 3 is 2.51 bits per heavy atom. The minimum absolute atomic E-state index is 0.104. The first kappa shape index (κ1) is 26.4. The van der Waals surface area contributed by atoms with Crippen LogP contribution < -0.4 is 14.8 Å². The molecule has 9 nitrogen and oxygen atoms in total. The van der Waals surface area contributed by atoms with Gasteiger partial charge in [0.2, 0.25) is 5.91 Å². The number of nitrogens with one attached hydrogen (secondary N) is 1. The largest absolute Gasteiger partial charge is 0.493 e. The summed E-state index contributed by atoms with van der Waals surface area (Å²) in [6.45, 7) is 1.08. The zero-order chi connectivity index (χ0) is 25.5. The van der Waals surface area contributed by atoms with Crippen LogP contribution in [0.2, 0.25) is 10.0 Å². The summed E-state index contributed by atoms with van der Waals surface area (Å²) in [5, 5.41) is 2.66. The first-order chi connectivity index (χ1) is 16.7. The van der Waals surface area contributed by atoms with Crippen LogP contribution in [0.15, 0.2) is 41.3 Å². The summed E-state index contributed by atoms with van der Waals surface area (Å²) in [6.07, 6.45) is 1.45. The quantitative estimate of drug-likeness (QED) is 0.363. The molecule has 1 N–H and O–H groups in total. The second-order valence-corrected chi connectivity index (χ2v) is 8.79. The van der Waals surface area contributed by atoms with Gasteiger partial charge in [-0.25, -0.2) is 4.79 Å². The van der Waals surface area contributed by atoms with Gasteiger partial charge < -0.3 is 19.5 Å². The Bertz CT molecular complexity index is 1190. The molecule has 184 valence electrons. The number of carbonyl (C=O) groups excluding carboxylic acids is 4. The highest BCUT2D eigenvalue weighted by Gasteiger charge is 2.36. The lowest BCUT2D eigenvalue weighted by Crippen LogP contribution is -2.36. The molecule has 0 aliphatic carbocycles. The summed E-state index contributed by atoms with van der Waals surface area (Å²) < 4.78 is 15.5. The van der Waals surface area contributed by atoms with E-state index in [0.29, 0.717) is 28.0 Å². The van der Waals surface area contributed by atoms with Crippen LogP contribution in [0.1, 0.15) is 12.5 Å². The number of rotatable bonds is 9. The molecule has 1 aliphatic heterocycles. The molecule has 3 rings (SSSR count). The lowest BCUT2D eigenvalue weighted by atomic mass is 10.1. The zero-order valence-corrected chi connectivity index (χ0v) is 21.0. The monoisotopic (exact) mass is 538 g/mol. The Hall–Kier alpha value is -3.21. The molecule has 1 saturated heterocycles. The number of halogens is 2. The van der Waals surface area contributed by atoms with E-state index in [2.05, 4.69) is 5.32 Å². The first-order valence-corrected chi connectivity index (χ1v) is 11.8. The maximum Gasteiger partial charge on any atom is 0.344 e. The molecule has 2 aromatic rings. The van der Waals surface area contributed by atoms with Crippen molar-refractivity contribution in [2.75, 3.05) is 32.2 Å². The van der Waals surface area contributed by atoms with Crippen LogP contribution in [0.5, 0.6) is 11.5 Å². The molecule has 0 saturated carbocycles. The number of imide groups is 1. The van der Waals surface area contributed by atoms with Gasteiger partial charge >= 0.3 is 5.97 Å². The van der Waals surface area contributed by atoms with Crippen molar-refractivity contribution in [1.82, 2.24) is 4.90 Å². The number of ether oxygens (including phenoxy) is 3. The van der Waals surface area contributed by atoms with Crippen LogP contribution in [0.4, 0.5) is 10.5 Å². The van der Waals surface area contributed by atoms with Gasteiger partial charge in [0.15, 0.2) is 18.1 Å². The summed E-state index contributed by atoms with van der Waals surface area (Å²) in [7, 11) is 1.39. The minimum atomic E-state index is -0.621. The van der Waals surface area contributed by atoms with E-state index >= 15 is 0 Å². The normalized spacial score (nSPS) is 14.3. The van der Waals surface area contributed by atoms with Crippen molar-refractivity contribution in [2.24, 2.45) is 0 Å². The van der Waals surface area contributed by atoms with Crippen LogP contribution in [0.25, 0.3) is 6.08 Å². The third-order valence-corrected chi connectivity index (χ3v) is 5.93. The summed E-state index contributed by atoms with van der Waals surface area (Å²) in [4.78, 5) is 50.0. The van der Waals surface area contributed by atoms with E-state index in [9.17, 15) is 19.2 Å². The van der Waals surface area contributed by atoms with E-state index in [0.717, 1.165) is 4.90 Å². The number of esters is 1. The van der Waals surface area contributed by atoms with Gasteiger partial charge in [-0.3, -0.25) is 19.3 Å². The summed E-state index contributed by atoms with van der Waals surface area (Å²) in [6, 6.07) is 9.44. The zero-order valence-electron chi connectivity index (χ0n) is 18.6. The molecule has 2 aromatic carbocycles. The molecule has 1 fully saturated rings. The number of anilines is 1. The Morgan fingerprint density at radius 2 is 1.86 bits per heavy atom. The highest BCUT2D eigenvalue weighted by Crippen LogP contribution is 2.39. The lowest BCUT2D eigenvalue weighted by molar-refractivity contribution is -0.145. The van der Waals surface area contributed by atoms with Crippen LogP contribution in [-0.4, -0.2) is 54.8 Å². The van der Waals surface area contributed by atoms with E-state index in [4.69, 9.17) is 37.4 Å². The fraction of sp³-hybridized carbons (Fsp3) is 0.217. The van der Waals surface area contributed by atoms with Crippen LogP contribution >= 0.6 is 35.0 Å². The molecule has 0 bridgehead atoms. The van der Waals surface area contributed by atoms with Crippen molar-refractivity contribution >= 4 is 69.8 Å². The van der Waals surface area contributed by atoms with Crippen molar-refractivity contribution in [3.8, 4) is 11.5 Å². The van der Waals surface area contributed by atoms with Crippen LogP contribution in [-0.2, 0) is 19.1 Å². The second kappa shape index (κ2) is 12.0. The SMILES string of the molecule is CCOC(=O)COc1c(Cl)cc(/C=C2\SC(=O)N(CC(=O)Nc3ccc(Cl)cc3)C2=O)cc1OC. The van der Waals surface area contributed by atoms with Crippen LogP contribution in [0.3, 0.4) is 0 Å². The topological polar surface area (TPSA) is 111 Å². The molecule has 0 spiro atoms. The molecule has 0 atom stereocenters. The van der Waals surface area contributed by atoms with Gasteiger partial charge in [0.05, 0.1) is 23.6 Å². The van der Waals surface area contributed by atoms with Gasteiger partial charge in [0.1, 0.15) is 6.54 Å². The standard InChI is InChI=1S/C23H20Cl2N2O7S/c1-3-33-20(29)12-34-21-16(25)8-13(9-17(21)32-2)10-18-22(30)27(23(31)35-18)11-19(28)26-15-6-4-14(24)5-7-15/h4-10H,3,11-12H2,1-2H3,(H,26,28)/b18-10-. The molecule has 0 radical (unpaired) electrons. The lowest BCUT2D eigenvalue weighted by Gasteiger charge is -2.13. The Labute approximate surface area is 215 Å². The van der Waals surface area contributed by atoms with Crippen molar-refractivity contribution in [1.29, 1.82) is 0 Å². The van der Waals surface area contributed by atoms with Gasteiger partial charge in [0, 0.05) is 10.7 Å². The summed E-state index contributed by atoms with van der Waals surface area (Å²) in [5.74, 6) is -1.38. The number of amides is 3. The number of nitrogens with zero attached hydrogens (tertiary/aromatic N) is 1. The van der Waals surface area contributed by atoms with Gasteiger partial charge in [-0.2, -0.15) is 0 Å². The molecule has 1 heterocycles. The molecular weight excluding hydrogens is 519 g/mol. The van der Waals surface area contributed by atoms with E-state index in [1.165, 1.54) is 25.3 Å². The predicted octanol–water partition coefficient (Wildman–Crippen LogP) is 4.62. The summed E-state index contributed by atoms with van der Waals surface area (Å²) in [5.41, 5.74) is 0.931. The molecule has 12 heteroatoms. The predicted molar refractivity (Wildman–Crippen MR) is 133 cm³/mol. The van der Waals surface area contributed by atoms with E-state index in [1.807, 2.05) is 0 Å². The van der Waals surface area contributed by atoms with Gasteiger partial charge in [-0.15, -0.1) is 0 Å². The number of methoxy groups -OCH3 is 1. The highest BCUT2D eigenvalue weighted by atomic mass is 35.5. The third-order valence-electron chi connectivity index (χ3n) is 4.49. The number of thioether (sulfide) groups is 1. The van der Waals surface area contributed by atoms with E-state index < -0.39 is 29.6 Å². The second-order valence-electron chi connectivity index (χ2n) is 6.95. The average Bonchev–Trinajstić information content (AvgIpc) is 3.07. The first-order valence-electron chi connectivity index (χ1n) is 10.2. The highest BCUT2D eigenvalue weighted by molar-refractivity contribution is 8.18. The van der Waals surface area contributed by atoms with E-state index in [-0.39, 0.29) is 34.6 Å². The Morgan fingerprint density at radius 1 is 1.14 bits per heavy atom. The fourth-order valence-electron chi connectivity index (χ4n) is 2.96. The minimum Gasteiger partial charge on any atom is -0.493 e. The van der Waals surface area contributed by atoms with Gasteiger partial charge in [0.25, 0.3) is 11.1 Å². The third kappa shape index (κ3) is 6.91. The van der Waals surface area contributed by atoms with Gasteiger partial charge in [-0.1, -0.05) is 23.2 Å². The number of benzene rings is 2. The van der Waals surface area contributed by atoms with Gasteiger partial charge in [-0.05, 0) is 66.7 Å². The molecule has 0 unspecified atom stereocenters. The van der Waals surface area contributed by atoms with Crippen molar-refractivity contribution in [3.63, 3.8) is 0 Å². The van der Waals surface area contributed by atoms with Crippen LogP contribution in [0, 0.1) is 0 Å². The number of hydrogen-bond donors (Lipinski definition) is 1. The number of hydrogen-bond acceptors (Lipinski definition) is 8. The molecule has 3 amide bonds. The maximum atomic E-state index is 12.8. The average molecular weight is 539 g/mol. The maximum absolute atomic E-state index is 12.8. The van der Waals surface area contributed by atoms with Crippen molar-refractivity contribution < 1.29 is 33.4 Å². The molecule has 35 heavy (non-hydrogen) atoms. The van der Waals surface area contributed by atoms with E-state index in [1.54, 1.807) is 31.2 Å². The molecule has 1 aliphatic rings. The summed E-state index contributed by atoms with van der Waals surface area (Å²) >= 11 is 12.8.